The molecule has 1 fully saturated rings. The molecule has 0 bridgehead atoms. The van der Waals surface area contributed by atoms with Gasteiger partial charge in [0.05, 0.1) is 18.2 Å². The van der Waals surface area contributed by atoms with Crippen molar-refractivity contribution >= 4 is 11.9 Å². The fourth-order valence-corrected chi connectivity index (χ4v) is 3.21. The third-order valence-electron chi connectivity index (χ3n) is 4.65. The lowest BCUT2D eigenvalue weighted by molar-refractivity contribution is -0.134. The van der Waals surface area contributed by atoms with Gasteiger partial charge in [0.15, 0.2) is 0 Å². The number of hydrogen-bond donors (Lipinski definition) is 3. The summed E-state index contributed by atoms with van der Waals surface area (Å²) in [6.45, 7) is 2.74. The predicted octanol–water partition coefficient (Wildman–Crippen LogP) is 3.04. The molecule has 30 heavy (non-hydrogen) atoms. The van der Waals surface area contributed by atoms with Crippen LogP contribution in [0.5, 0.6) is 5.75 Å². The van der Waals surface area contributed by atoms with Crippen LogP contribution >= 0.6 is 0 Å². The molecule has 3 N–H and O–H groups in total. The Hall–Kier alpha value is -3.63. The molecule has 3 rings (SSSR count). The number of hydrogen-bond acceptors (Lipinski definition) is 5. The van der Waals surface area contributed by atoms with Gasteiger partial charge in [-0.25, -0.2) is 9.59 Å². The van der Waals surface area contributed by atoms with Crippen molar-refractivity contribution in [1.29, 1.82) is 5.26 Å². The average Bonchev–Trinajstić information content (AvgIpc) is 2.78. The largest absolute Gasteiger partial charge is 0.493 e. The average molecular weight is 408 g/mol. The second-order valence-corrected chi connectivity index (χ2v) is 6.73. The number of rotatable bonds is 6. The van der Waals surface area contributed by atoms with Crippen LogP contribution in [0.2, 0.25) is 0 Å². The predicted molar refractivity (Wildman–Crippen MR) is 111 cm³/mol. The van der Waals surface area contributed by atoms with E-state index in [1.54, 1.807) is 12.1 Å². The van der Waals surface area contributed by atoms with E-state index in [0.717, 1.165) is 25.3 Å². The molecule has 0 amide bonds. The fourth-order valence-electron chi connectivity index (χ4n) is 3.21. The van der Waals surface area contributed by atoms with Gasteiger partial charge in [0.25, 0.3) is 0 Å². The third kappa shape index (κ3) is 7.78. The van der Waals surface area contributed by atoms with Gasteiger partial charge in [-0.1, -0.05) is 30.3 Å². The summed E-state index contributed by atoms with van der Waals surface area (Å²) in [4.78, 5) is 19.1. The highest BCUT2D eigenvalue weighted by Gasteiger charge is 2.26. The van der Waals surface area contributed by atoms with Gasteiger partial charge in [0, 0.05) is 24.6 Å². The first-order valence-electron chi connectivity index (χ1n) is 9.52. The Morgan fingerprint density at radius 3 is 2.27 bits per heavy atom. The van der Waals surface area contributed by atoms with Gasteiger partial charge in [0.1, 0.15) is 5.75 Å². The van der Waals surface area contributed by atoms with E-state index in [-0.39, 0.29) is 0 Å². The van der Waals surface area contributed by atoms with Crippen molar-refractivity contribution in [3.8, 4) is 11.8 Å². The van der Waals surface area contributed by atoms with Gasteiger partial charge in [-0.05, 0) is 48.7 Å². The van der Waals surface area contributed by atoms with E-state index in [0.29, 0.717) is 36.2 Å². The van der Waals surface area contributed by atoms with Crippen LogP contribution in [0.3, 0.4) is 0 Å². The van der Waals surface area contributed by atoms with E-state index in [2.05, 4.69) is 41.7 Å². The summed E-state index contributed by atoms with van der Waals surface area (Å²) in [6.07, 6.45) is 2.26. The van der Waals surface area contributed by atoms with Gasteiger partial charge in [-0.15, -0.1) is 0 Å². The van der Waals surface area contributed by atoms with Crippen LogP contribution in [0.4, 0.5) is 0 Å². The highest BCUT2D eigenvalue weighted by atomic mass is 16.5. The van der Waals surface area contributed by atoms with Crippen LogP contribution in [0.25, 0.3) is 0 Å². The quantitative estimate of drug-likeness (QED) is 0.629. The van der Waals surface area contributed by atoms with Crippen LogP contribution in [0.15, 0.2) is 66.7 Å². The monoisotopic (exact) mass is 408 g/mol. The van der Waals surface area contributed by atoms with E-state index in [9.17, 15) is 9.59 Å². The van der Waals surface area contributed by atoms with Crippen molar-refractivity contribution in [1.82, 2.24) is 5.32 Å². The fraction of sp³-hybridized carbons (Fsp3) is 0.261. The molecule has 2 aromatic carbocycles. The van der Waals surface area contributed by atoms with Gasteiger partial charge >= 0.3 is 11.9 Å². The van der Waals surface area contributed by atoms with Crippen LogP contribution < -0.4 is 10.1 Å². The summed E-state index contributed by atoms with van der Waals surface area (Å²) >= 11 is 0. The summed E-state index contributed by atoms with van der Waals surface area (Å²) in [5, 5.41) is 27.9. The minimum Gasteiger partial charge on any atom is -0.493 e. The molecule has 1 heterocycles. The Bertz CT molecular complexity index is 872. The molecule has 7 heteroatoms. The Labute approximate surface area is 175 Å². The topological polar surface area (TPSA) is 120 Å². The molecule has 7 nitrogen and oxygen atoms in total. The number of carboxylic acid groups (broad SMARTS) is 2. The highest BCUT2D eigenvalue weighted by molar-refractivity contribution is 5.89. The standard InChI is InChI=1S/C19H20N2O.C4H4O4/c20-12-15-6-8-18(9-7-15)22-14-17-13-21-11-10-19(17)16-4-2-1-3-5-16;5-3(6)1-2-4(7)8/h1-9,17,19,21H,10-11,13-14H2;1-2H,(H,5,6)(H,7,8)/b;2-1+/t17-,19-;/m0./s1. The number of ether oxygens (including phenoxy) is 1. The number of nitrogens with one attached hydrogen (secondary N) is 1. The highest BCUT2D eigenvalue weighted by Crippen LogP contribution is 2.30. The zero-order valence-corrected chi connectivity index (χ0v) is 16.4. The summed E-state index contributed by atoms with van der Waals surface area (Å²) in [5.41, 5.74) is 2.06. The minimum absolute atomic E-state index is 0.465. The Kier molecular flexibility index (Phi) is 9.10. The zero-order chi connectivity index (χ0) is 21.8. The Balaban J connectivity index is 0.000000343. The number of aliphatic carboxylic acids is 2. The summed E-state index contributed by atoms with van der Waals surface area (Å²) in [7, 11) is 0. The molecule has 1 saturated heterocycles. The maximum Gasteiger partial charge on any atom is 0.328 e. The molecule has 0 aliphatic carbocycles. The molecular formula is C23H24N2O5. The molecular weight excluding hydrogens is 384 g/mol. The summed E-state index contributed by atoms with van der Waals surface area (Å²) in [5.74, 6) is -0.677. The number of carbonyl (C=O) groups is 2. The number of nitriles is 1. The van der Waals surface area contributed by atoms with Gasteiger partial charge in [0.2, 0.25) is 0 Å². The Morgan fingerprint density at radius 1 is 1.07 bits per heavy atom. The van der Waals surface area contributed by atoms with Crippen LogP contribution in [0, 0.1) is 17.2 Å². The van der Waals surface area contributed by atoms with Crippen molar-refractivity contribution in [2.75, 3.05) is 19.7 Å². The van der Waals surface area contributed by atoms with E-state index in [1.807, 2.05) is 12.1 Å². The Morgan fingerprint density at radius 2 is 1.70 bits per heavy atom. The van der Waals surface area contributed by atoms with Crippen LogP contribution in [-0.2, 0) is 9.59 Å². The molecule has 156 valence electrons. The van der Waals surface area contributed by atoms with Crippen molar-refractivity contribution in [3.05, 3.63) is 77.9 Å². The van der Waals surface area contributed by atoms with E-state index in [1.165, 1.54) is 5.56 Å². The molecule has 1 aliphatic rings. The van der Waals surface area contributed by atoms with Crippen molar-refractivity contribution in [3.63, 3.8) is 0 Å². The van der Waals surface area contributed by atoms with Crippen molar-refractivity contribution in [2.45, 2.75) is 12.3 Å². The molecule has 2 aromatic rings. The van der Waals surface area contributed by atoms with Crippen molar-refractivity contribution < 1.29 is 24.5 Å². The first-order chi connectivity index (χ1) is 14.5. The maximum atomic E-state index is 9.55. The first-order valence-corrected chi connectivity index (χ1v) is 9.52. The summed E-state index contributed by atoms with van der Waals surface area (Å²) < 4.78 is 5.95. The van der Waals surface area contributed by atoms with Gasteiger partial charge in [-0.2, -0.15) is 5.26 Å². The number of benzene rings is 2. The second-order valence-electron chi connectivity index (χ2n) is 6.73. The zero-order valence-electron chi connectivity index (χ0n) is 16.4. The SMILES string of the molecule is N#Cc1ccc(OC[C@@H]2CNCC[C@H]2c2ccccc2)cc1.O=C(O)/C=C/C(=O)O. The van der Waals surface area contributed by atoms with E-state index >= 15 is 0 Å². The first kappa shape index (κ1) is 22.7. The van der Waals surface area contributed by atoms with E-state index in [4.69, 9.17) is 20.2 Å². The molecule has 0 saturated carbocycles. The van der Waals surface area contributed by atoms with E-state index < -0.39 is 11.9 Å². The smallest absolute Gasteiger partial charge is 0.328 e. The minimum atomic E-state index is -1.26. The lowest BCUT2D eigenvalue weighted by atomic mass is 9.81. The molecule has 1 aliphatic heterocycles. The number of nitrogens with zero attached hydrogens (tertiary/aromatic N) is 1. The van der Waals surface area contributed by atoms with Crippen molar-refractivity contribution in [2.24, 2.45) is 5.92 Å². The van der Waals surface area contributed by atoms with Crippen LogP contribution in [-0.4, -0.2) is 41.8 Å². The summed E-state index contributed by atoms with van der Waals surface area (Å²) in [6, 6.07) is 20.1. The molecule has 2 atom stereocenters. The van der Waals surface area contributed by atoms with Crippen LogP contribution in [0.1, 0.15) is 23.5 Å². The molecule has 0 spiro atoms. The molecule has 0 aromatic heterocycles. The maximum absolute atomic E-state index is 9.55. The molecule has 0 unspecified atom stereocenters. The number of piperidine rings is 1. The number of carboxylic acids is 2. The van der Waals surface area contributed by atoms with Gasteiger partial charge < -0.3 is 20.3 Å². The normalized spacial score (nSPS) is 18.0. The third-order valence-corrected chi connectivity index (χ3v) is 4.65. The van der Waals surface area contributed by atoms with Gasteiger partial charge in [-0.3, -0.25) is 0 Å². The molecule has 0 radical (unpaired) electrons. The lowest BCUT2D eigenvalue weighted by Gasteiger charge is -2.32. The lowest BCUT2D eigenvalue weighted by Crippen LogP contribution is -2.38. The second kappa shape index (κ2) is 12.0.